The molecule has 3 nitrogen and oxygen atoms in total. The second-order valence-corrected chi connectivity index (χ2v) is 5.46. The van der Waals surface area contributed by atoms with Crippen LogP contribution in [0.25, 0.3) is 0 Å². The van der Waals surface area contributed by atoms with Crippen LogP contribution in [0.1, 0.15) is 46.0 Å². The van der Waals surface area contributed by atoms with E-state index in [4.69, 9.17) is 5.26 Å². The van der Waals surface area contributed by atoms with Crippen LogP contribution in [-0.4, -0.2) is 48.6 Å². The van der Waals surface area contributed by atoms with Gasteiger partial charge in [-0.1, -0.05) is 6.42 Å². The zero-order valence-electron chi connectivity index (χ0n) is 11.7. The molecule has 0 amide bonds. The predicted octanol–water partition coefficient (Wildman–Crippen LogP) is 2.48. The molecule has 3 heteroatoms. The van der Waals surface area contributed by atoms with Gasteiger partial charge in [-0.15, -0.1) is 0 Å². The molecule has 0 saturated carbocycles. The third kappa shape index (κ3) is 5.06. The van der Waals surface area contributed by atoms with Crippen molar-refractivity contribution in [3.63, 3.8) is 0 Å². The maximum atomic E-state index is 8.67. The third-order valence-corrected chi connectivity index (χ3v) is 3.91. The Morgan fingerprint density at radius 3 is 2.71 bits per heavy atom. The molecule has 0 aromatic carbocycles. The number of hydrogen-bond donors (Lipinski definition) is 0. The Morgan fingerprint density at radius 1 is 1.35 bits per heavy atom. The number of piperidine rings is 1. The molecule has 0 aliphatic carbocycles. The molecule has 1 saturated heterocycles. The Kier molecular flexibility index (Phi) is 6.54. The van der Waals surface area contributed by atoms with E-state index in [0.29, 0.717) is 12.5 Å². The first kappa shape index (κ1) is 14.5. The molecule has 0 aromatic rings. The molecule has 1 heterocycles. The minimum Gasteiger partial charge on any atom is -0.303 e. The predicted molar refractivity (Wildman–Crippen MR) is 71.8 cm³/mol. The normalized spacial score (nSPS) is 22.0. The summed E-state index contributed by atoms with van der Waals surface area (Å²) >= 11 is 0. The van der Waals surface area contributed by atoms with Crippen molar-refractivity contribution >= 4 is 0 Å². The lowest BCUT2D eigenvalue weighted by Gasteiger charge is -2.35. The van der Waals surface area contributed by atoms with E-state index < -0.39 is 0 Å². The molecule has 98 valence electrons. The molecule has 1 rings (SSSR count). The summed E-state index contributed by atoms with van der Waals surface area (Å²) in [6.07, 6.45) is 5.99. The first-order valence-electron chi connectivity index (χ1n) is 6.96. The lowest BCUT2D eigenvalue weighted by molar-refractivity contribution is 0.143. The molecule has 0 aromatic heterocycles. The molecule has 1 unspecified atom stereocenters. The molecule has 1 aliphatic rings. The van der Waals surface area contributed by atoms with Crippen LogP contribution in [0.3, 0.4) is 0 Å². The highest BCUT2D eigenvalue weighted by Crippen LogP contribution is 2.18. The molecular weight excluding hydrogens is 210 g/mol. The van der Waals surface area contributed by atoms with Crippen LogP contribution >= 0.6 is 0 Å². The van der Waals surface area contributed by atoms with Gasteiger partial charge in [-0.05, 0) is 53.2 Å². The Morgan fingerprint density at radius 2 is 2.12 bits per heavy atom. The summed E-state index contributed by atoms with van der Waals surface area (Å²) in [5.74, 6) is 0. The monoisotopic (exact) mass is 237 g/mol. The van der Waals surface area contributed by atoms with Crippen molar-refractivity contribution in [1.29, 1.82) is 5.26 Å². The van der Waals surface area contributed by atoms with Gasteiger partial charge in [0.25, 0.3) is 0 Å². The standard InChI is InChI=1S/C14H27N3/c1-13(2)17(11-6-9-15)12-8-14-7-4-5-10-16(14)3/h13-14H,4-8,10-12H2,1-3H3. The summed E-state index contributed by atoms with van der Waals surface area (Å²) in [5, 5.41) is 8.67. The van der Waals surface area contributed by atoms with Gasteiger partial charge in [-0.3, -0.25) is 4.90 Å². The van der Waals surface area contributed by atoms with Gasteiger partial charge in [-0.2, -0.15) is 5.26 Å². The zero-order chi connectivity index (χ0) is 12.7. The van der Waals surface area contributed by atoms with E-state index in [2.05, 4.69) is 36.8 Å². The Balaban J connectivity index is 2.32. The number of rotatable bonds is 6. The van der Waals surface area contributed by atoms with Gasteiger partial charge in [0.1, 0.15) is 0 Å². The number of likely N-dealkylation sites (tertiary alicyclic amines) is 1. The van der Waals surface area contributed by atoms with E-state index in [-0.39, 0.29) is 0 Å². The van der Waals surface area contributed by atoms with Gasteiger partial charge in [0.05, 0.1) is 6.07 Å². The summed E-state index contributed by atoms with van der Waals surface area (Å²) in [6, 6.07) is 3.56. The highest BCUT2D eigenvalue weighted by molar-refractivity contribution is 4.78. The maximum absolute atomic E-state index is 8.67. The molecule has 0 radical (unpaired) electrons. The number of hydrogen-bond acceptors (Lipinski definition) is 3. The smallest absolute Gasteiger partial charge is 0.0635 e. The van der Waals surface area contributed by atoms with E-state index in [9.17, 15) is 0 Å². The third-order valence-electron chi connectivity index (χ3n) is 3.91. The van der Waals surface area contributed by atoms with Crippen LogP contribution < -0.4 is 0 Å². The number of nitriles is 1. The van der Waals surface area contributed by atoms with Crippen molar-refractivity contribution in [3.8, 4) is 6.07 Å². The number of nitrogens with zero attached hydrogens (tertiary/aromatic N) is 3. The summed E-state index contributed by atoms with van der Waals surface area (Å²) in [5.41, 5.74) is 0. The highest BCUT2D eigenvalue weighted by Gasteiger charge is 2.20. The summed E-state index contributed by atoms with van der Waals surface area (Å²) in [4.78, 5) is 4.94. The topological polar surface area (TPSA) is 30.3 Å². The molecule has 1 atom stereocenters. The summed E-state index contributed by atoms with van der Waals surface area (Å²) < 4.78 is 0. The fraction of sp³-hybridized carbons (Fsp3) is 0.929. The second kappa shape index (κ2) is 7.68. The van der Waals surface area contributed by atoms with Gasteiger partial charge >= 0.3 is 0 Å². The molecule has 0 bridgehead atoms. The second-order valence-electron chi connectivity index (χ2n) is 5.46. The van der Waals surface area contributed by atoms with E-state index in [1.54, 1.807) is 0 Å². The van der Waals surface area contributed by atoms with Crippen molar-refractivity contribution in [2.45, 2.75) is 58.0 Å². The molecular formula is C14H27N3. The lowest BCUT2D eigenvalue weighted by Crippen LogP contribution is -2.40. The van der Waals surface area contributed by atoms with E-state index in [0.717, 1.165) is 19.1 Å². The fourth-order valence-corrected chi connectivity index (χ4v) is 2.65. The first-order chi connectivity index (χ1) is 8.15. The maximum Gasteiger partial charge on any atom is 0.0635 e. The van der Waals surface area contributed by atoms with Crippen LogP contribution in [0.4, 0.5) is 0 Å². The SMILES string of the molecule is CC(C)N(CCC#N)CCC1CCCCN1C. The van der Waals surface area contributed by atoms with Crippen LogP contribution in [0.15, 0.2) is 0 Å². The van der Waals surface area contributed by atoms with Gasteiger partial charge in [-0.25, -0.2) is 0 Å². The van der Waals surface area contributed by atoms with Crippen molar-refractivity contribution in [3.05, 3.63) is 0 Å². The Hall–Kier alpha value is -0.590. The summed E-state index contributed by atoms with van der Waals surface area (Å²) in [6.45, 7) is 7.76. The zero-order valence-corrected chi connectivity index (χ0v) is 11.7. The largest absolute Gasteiger partial charge is 0.303 e. The van der Waals surface area contributed by atoms with Crippen LogP contribution in [0, 0.1) is 11.3 Å². The van der Waals surface area contributed by atoms with Crippen LogP contribution in [0.5, 0.6) is 0 Å². The van der Waals surface area contributed by atoms with E-state index in [1.165, 1.54) is 32.2 Å². The van der Waals surface area contributed by atoms with E-state index in [1.807, 2.05) is 0 Å². The minimum absolute atomic E-state index is 0.553. The molecule has 1 fully saturated rings. The fourth-order valence-electron chi connectivity index (χ4n) is 2.65. The molecule has 17 heavy (non-hydrogen) atoms. The average Bonchev–Trinajstić information content (AvgIpc) is 2.31. The van der Waals surface area contributed by atoms with Crippen molar-refractivity contribution < 1.29 is 0 Å². The summed E-state index contributed by atoms with van der Waals surface area (Å²) in [7, 11) is 2.25. The van der Waals surface area contributed by atoms with E-state index >= 15 is 0 Å². The van der Waals surface area contributed by atoms with Crippen molar-refractivity contribution in [2.75, 3.05) is 26.7 Å². The minimum atomic E-state index is 0.553. The average molecular weight is 237 g/mol. The molecule has 0 spiro atoms. The van der Waals surface area contributed by atoms with Crippen LogP contribution in [-0.2, 0) is 0 Å². The Bertz CT molecular complexity index is 244. The lowest BCUT2D eigenvalue weighted by atomic mass is 10.00. The highest BCUT2D eigenvalue weighted by atomic mass is 15.2. The van der Waals surface area contributed by atoms with Gasteiger partial charge < -0.3 is 4.90 Å². The first-order valence-corrected chi connectivity index (χ1v) is 6.96. The Labute approximate surface area is 106 Å². The van der Waals surface area contributed by atoms with Gasteiger partial charge in [0.15, 0.2) is 0 Å². The van der Waals surface area contributed by atoms with Crippen molar-refractivity contribution in [2.24, 2.45) is 0 Å². The quantitative estimate of drug-likeness (QED) is 0.711. The van der Waals surface area contributed by atoms with Crippen LogP contribution in [0.2, 0.25) is 0 Å². The van der Waals surface area contributed by atoms with Gasteiger partial charge in [0.2, 0.25) is 0 Å². The molecule has 1 aliphatic heterocycles. The van der Waals surface area contributed by atoms with Crippen molar-refractivity contribution in [1.82, 2.24) is 9.80 Å². The molecule has 0 N–H and O–H groups in total. The van der Waals surface area contributed by atoms with Gasteiger partial charge in [0, 0.05) is 25.0 Å².